The van der Waals surface area contributed by atoms with Gasteiger partial charge in [-0.1, -0.05) is 66.4 Å². The van der Waals surface area contributed by atoms with Gasteiger partial charge in [0, 0.05) is 6.54 Å². The van der Waals surface area contributed by atoms with Gasteiger partial charge in [0.25, 0.3) is 0 Å². The fourth-order valence-corrected chi connectivity index (χ4v) is 4.14. The first-order chi connectivity index (χ1) is 11.1. The Balaban J connectivity index is 1.61. The predicted octanol–water partition coefficient (Wildman–Crippen LogP) is 3.84. The topological polar surface area (TPSA) is 20.3 Å². The number of amides is 1. The van der Waals surface area contributed by atoms with Crippen LogP contribution in [0.5, 0.6) is 0 Å². The lowest BCUT2D eigenvalue weighted by molar-refractivity contribution is -0.126. The lowest BCUT2D eigenvalue weighted by Gasteiger charge is -2.15. The molecular weight excluding hydrogens is 329 g/mol. The van der Waals surface area contributed by atoms with Crippen molar-refractivity contribution in [3.05, 3.63) is 71.5 Å². The second-order valence-electron chi connectivity index (χ2n) is 5.43. The first kappa shape index (κ1) is 16.1. The molecule has 1 amide bonds. The monoisotopic (exact) mass is 345 g/mol. The molecule has 0 N–H and O–H groups in total. The summed E-state index contributed by atoms with van der Waals surface area (Å²) in [6.07, 6.45) is 1.36. The number of halogens is 1. The van der Waals surface area contributed by atoms with Crippen LogP contribution in [0, 0.1) is 5.82 Å². The number of hydrogen-bond donors (Lipinski definition) is 0. The highest BCUT2D eigenvalue weighted by atomic mass is 32.2. The summed E-state index contributed by atoms with van der Waals surface area (Å²) in [5, 5.41) is -0.205. The number of benzene rings is 2. The van der Waals surface area contributed by atoms with Gasteiger partial charge in [0.1, 0.15) is 10.1 Å². The molecule has 1 atom stereocenters. The molecule has 3 rings (SSSR count). The zero-order valence-corrected chi connectivity index (χ0v) is 14.1. The SMILES string of the molecule is O=C1[C@H](Cc2ccc(F)cc2)SC(=S)N1CCc1ccccc1. The summed E-state index contributed by atoms with van der Waals surface area (Å²) in [7, 11) is 0. The Morgan fingerprint density at radius 3 is 2.43 bits per heavy atom. The van der Waals surface area contributed by atoms with Gasteiger partial charge >= 0.3 is 0 Å². The minimum absolute atomic E-state index is 0.0558. The van der Waals surface area contributed by atoms with E-state index in [1.807, 2.05) is 30.3 Å². The average molecular weight is 345 g/mol. The number of rotatable bonds is 5. The molecule has 0 bridgehead atoms. The van der Waals surface area contributed by atoms with Gasteiger partial charge in [0.05, 0.1) is 5.25 Å². The molecular formula is C18H16FNOS2. The van der Waals surface area contributed by atoms with E-state index >= 15 is 0 Å². The number of carbonyl (C=O) groups is 1. The fourth-order valence-electron chi connectivity index (χ4n) is 2.55. The lowest BCUT2D eigenvalue weighted by atomic mass is 10.1. The molecule has 0 saturated carbocycles. The van der Waals surface area contributed by atoms with Gasteiger partial charge in [0.2, 0.25) is 5.91 Å². The second-order valence-corrected chi connectivity index (χ2v) is 7.27. The van der Waals surface area contributed by atoms with Crippen LogP contribution in [-0.4, -0.2) is 26.9 Å². The van der Waals surface area contributed by atoms with Crippen LogP contribution in [0.3, 0.4) is 0 Å². The van der Waals surface area contributed by atoms with E-state index in [9.17, 15) is 9.18 Å². The molecule has 1 aliphatic heterocycles. The molecule has 1 heterocycles. The van der Waals surface area contributed by atoms with E-state index in [-0.39, 0.29) is 17.0 Å². The van der Waals surface area contributed by atoms with Crippen LogP contribution in [0.15, 0.2) is 54.6 Å². The summed E-state index contributed by atoms with van der Waals surface area (Å²) in [6.45, 7) is 0.606. The van der Waals surface area contributed by atoms with Crippen molar-refractivity contribution in [2.24, 2.45) is 0 Å². The van der Waals surface area contributed by atoms with Crippen molar-refractivity contribution >= 4 is 34.2 Å². The molecule has 0 radical (unpaired) electrons. The zero-order chi connectivity index (χ0) is 16.2. The molecule has 2 aromatic carbocycles. The van der Waals surface area contributed by atoms with Crippen molar-refractivity contribution in [3.63, 3.8) is 0 Å². The Hall–Kier alpha value is -1.72. The van der Waals surface area contributed by atoms with Crippen LogP contribution >= 0.6 is 24.0 Å². The highest BCUT2D eigenvalue weighted by Gasteiger charge is 2.36. The van der Waals surface area contributed by atoms with E-state index in [2.05, 4.69) is 0 Å². The van der Waals surface area contributed by atoms with Crippen molar-refractivity contribution < 1.29 is 9.18 Å². The number of nitrogens with zero attached hydrogens (tertiary/aromatic N) is 1. The molecule has 23 heavy (non-hydrogen) atoms. The molecule has 2 nitrogen and oxygen atoms in total. The lowest BCUT2D eigenvalue weighted by Crippen LogP contribution is -2.33. The van der Waals surface area contributed by atoms with E-state index in [0.717, 1.165) is 12.0 Å². The molecule has 1 saturated heterocycles. The van der Waals surface area contributed by atoms with E-state index < -0.39 is 0 Å². The highest BCUT2D eigenvalue weighted by Crippen LogP contribution is 2.30. The first-order valence-corrected chi connectivity index (χ1v) is 8.72. The third-order valence-corrected chi connectivity index (χ3v) is 5.39. The Morgan fingerprint density at radius 2 is 1.74 bits per heavy atom. The quantitative estimate of drug-likeness (QED) is 0.768. The molecule has 118 valence electrons. The predicted molar refractivity (Wildman–Crippen MR) is 95.9 cm³/mol. The fraction of sp³-hybridized carbons (Fsp3) is 0.222. The minimum Gasteiger partial charge on any atom is -0.296 e. The van der Waals surface area contributed by atoms with Crippen molar-refractivity contribution in [2.45, 2.75) is 18.1 Å². The Morgan fingerprint density at radius 1 is 1.04 bits per heavy atom. The maximum Gasteiger partial charge on any atom is 0.241 e. The normalized spacial score (nSPS) is 17.8. The largest absolute Gasteiger partial charge is 0.296 e. The third-order valence-electron chi connectivity index (χ3n) is 3.81. The molecule has 5 heteroatoms. The zero-order valence-electron chi connectivity index (χ0n) is 12.4. The summed E-state index contributed by atoms with van der Waals surface area (Å²) in [6, 6.07) is 16.3. The molecule has 1 fully saturated rings. The Labute approximate surface area is 144 Å². The minimum atomic E-state index is -0.265. The molecule has 1 aliphatic rings. The summed E-state index contributed by atoms with van der Waals surface area (Å²) in [5.41, 5.74) is 2.14. The van der Waals surface area contributed by atoms with Crippen molar-refractivity contribution in [1.29, 1.82) is 0 Å². The number of hydrogen-bond acceptors (Lipinski definition) is 3. The molecule has 0 unspecified atom stereocenters. The van der Waals surface area contributed by atoms with Crippen molar-refractivity contribution in [2.75, 3.05) is 6.54 Å². The van der Waals surface area contributed by atoms with Gasteiger partial charge in [-0.25, -0.2) is 4.39 Å². The van der Waals surface area contributed by atoms with E-state index in [0.29, 0.717) is 17.3 Å². The summed E-state index contributed by atoms with van der Waals surface area (Å²) in [4.78, 5) is 14.2. The third kappa shape index (κ3) is 3.98. The standard InChI is InChI=1S/C18H16FNOS2/c19-15-8-6-14(7-9-15)12-16-17(21)20(18(22)23-16)11-10-13-4-2-1-3-5-13/h1-9,16H,10-12H2/t16-/m0/s1. The summed E-state index contributed by atoms with van der Waals surface area (Å²) >= 11 is 6.79. The molecule has 0 aliphatic carbocycles. The Bertz CT molecular complexity index is 703. The maximum absolute atomic E-state index is 13.0. The van der Waals surface area contributed by atoms with Crippen LogP contribution in [-0.2, 0) is 17.6 Å². The van der Waals surface area contributed by atoms with Crippen LogP contribution < -0.4 is 0 Å². The van der Waals surface area contributed by atoms with Crippen molar-refractivity contribution in [1.82, 2.24) is 4.90 Å². The van der Waals surface area contributed by atoms with Gasteiger partial charge in [-0.15, -0.1) is 0 Å². The molecule has 0 spiro atoms. The first-order valence-electron chi connectivity index (χ1n) is 7.44. The van der Waals surface area contributed by atoms with Crippen LogP contribution in [0.4, 0.5) is 4.39 Å². The van der Waals surface area contributed by atoms with Crippen molar-refractivity contribution in [3.8, 4) is 0 Å². The maximum atomic E-state index is 13.0. The summed E-state index contributed by atoms with van der Waals surface area (Å²) in [5.74, 6) is -0.209. The van der Waals surface area contributed by atoms with Gasteiger partial charge in [-0.3, -0.25) is 9.69 Å². The van der Waals surface area contributed by atoms with E-state index in [1.54, 1.807) is 17.0 Å². The van der Waals surface area contributed by atoms with Gasteiger partial charge in [-0.05, 0) is 36.1 Å². The number of thiocarbonyl (C=S) groups is 1. The van der Waals surface area contributed by atoms with Gasteiger partial charge < -0.3 is 0 Å². The number of thioether (sulfide) groups is 1. The van der Waals surface area contributed by atoms with E-state index in [1.165, 1.54) is 29.5 Å². The second kappa shape index (κ2) is 7.23. The van der Waals surface area contributed by atoms with Gasteiger partial charge in [-0.2, -0.15) is 0 Å². The van der Waals surface area contributed by atoms with Crippen LogP contribution in [0.2, 0.25) is 0 Å². The average Bonchev–Trinajstić information content (AvgIpc) is 2.82. The number of carbonyl (C=O) groups excluding carboxylic acids is 1. The smallest absolute Gasteiger partial charge is 0.241 e. The Kier molecular flexibility index (Phi) is 5.08. The molecule has 0 aromatic heterocycles. The summed E-state index contributed by atoms with van der Waals surface area (Å²) < 4.78 is 13.6. The van der Waals surface area contributed by atoms with E-state index in [4.69, 9.17) is 12.2 Å². The van der Waals surface area contributed by atoms with Crippen LogP contribution in [0.25, 0.3) is 0 Å². The van der Waals surface area contributed by atoms with Gasteiger partial charge in [0.15, 0.2) is 0 Å². The van der Waals surface area contributed by atoms with Crippen LogP contribution in [0.1, 0.15) is 11.1 Å². The molecule has 2 aromatic rings. The highest BCUT2D eigenvalue weighted by molar-refractivity contribution is 8.24.